The van der Waals surface area contributed by atoms with Gasteiger partial charge in [-0.25, -0.2) is 0 Å². The van der Waals surface area contributed by atoms with Crippen LogP contribution in [-0.4, -0.2) is 33.2 Å². The molecule has 0 aromatic carbocycles. The molecule has 2 heterocycles. The minimum Gasteiger partial charge on any atom is -0.395 e. The Labute approximate surface area is 108 Å². The van der Waals surface area contributed by atoms with Crippen LogP contribution in [0.25, 0.3) is 0 Å². The van der Waals surface area contributed by atoms with E-state index in [4.69, 9.17) is 5.73 Å². The molecule has 1 unspecified atom stereocenters. The first-order chi connectivity index (χ1) is 8.52. The fourth-order valence-corrected chi connectivity index (χ4v) is 2.64. The number of amides is 1. The monoisotopic (exact) mass is 250 g/mol. The van der Waals surface area contributed by atoms with Crippen molar-refractivity contribution in [3.8, 4) is 0 Å². The predicted molar refractivity (Wildman–Crippen MR) is 71.3 cm³/mol. The summed E-state index contributed by atoms with van der Waals surface area (Å²) < 4.78 is 1.60. The zero-order chi connectivity index (χ0) is 13.3. The van der Waals surface area contributed by atoms with Gasteiger partial charge in [-0.2, -0.15) is 5.10 Å². The second kappa shape index (κ2) is 5.00. The first-order valence-corrected chi connectivity index (χ1v) is 6.62. The quantitative estimate of drug-likeness (QED) is 0.825. The summed E-state index contributed by atoms with van der Waals surface area (Å²) >= 11 is 0. The SMILES string of the molecule is Cc1nn(C)c(C(=O)N2CCCCCC2C)c1N. The lowest BCUT2D eigenvalue weighted by Crippen LogP contribution is -2.39. The van der Waals surface area contributed by atoms with Crippen LogP contribution in [0.15, 0.2) is 0 Å². The molecule has 0 spiro atoms. The summed E-state index contributed by atoms with van der Waals surface area (Å²) in [7, 11) is 1.78. The molecule has 1 amide bonds. The number of hydrogen-bond donors (Lipinski definition) is 1. The first-order valence-electron chi connectivity index (χ1n) is 6.62. The molecule has 2 rings (SSSR count). The molecule has 5 nitrogen and oxygen atoms in total. The Morgan fingerprint density at radius 3 is 2.72 bits per heavy atom. The van der Waals surface area contributed by atoms with Gasteiger partial charge in [-0.3, -0.25) is 9.48 Å². The number of rotatable bonds is 1. The number of anilines is 1. The number of nitrogen functional groups attached to an aromatic ring is 1. The highest BCUT2D eigenvalue weighted by atomic mass is 16.2. The van der Waals surface area contributed by atoms with Gasteiger partial charge in [0.1, 0.15) is 5.69 Å². The Morgan fingerprint density at radius 1 is 1.39 bits per heavy atom. The summed E-state index contributed by atoms with van der Waals surface area (Å²) in [6, 6.07) is 0.287. The lowest BCUT2D eigenvalue weighted by molar-refractivity contribution is 0.0687. The highest BCUT2D eigenvalue weighted by molar-refractivity contribution is 5.98. The molecule has 0 bridgehead atoms. The minimum atomic E-state index is 0.0185. The molecule has 0 radical (unpaired) electrons. The van der Waals surface area contributed by atoms with E-state index in [0.717, 1.165) is 25.1 Å². The second-order valence-electron chi connectivity index (χ2n) is 5.17. The first kappa shape index (κ1) is 12.9. The third kappa shape index (κ3) is 2.21. The van der Waals surface area contributed by atoms with Crippen LogP contribution >= 0.6 is 0 Å². The topological polar surface area (TPSA) is 64.2 Å². The van der Waals surface area contributed by atoms with Crippen LogP contribution < -0.4 is 5.73 Å². The van der Waals surface area contributed by atoms with E-state index in [-0.39, 0.29) is 11.9 Å². The van der Waals surface area contributed by atoms with Crippen molar-refractivity contribution in [2.45, 2.75) is 45.6 Å². The highest BCUT2D eigenvalue weighted by Gasteiger charge is 2.27. The zero-order valence-corrected chi connectivity index (χ0v) is 11.4. The zero-order valence-electron chi connectivity index (χ0n) is 11.4. The van der Waals surface area contributed by atoms with Crippen LogP contribution in [0.2, 0.25) is 0 Å². The fourth-order valence-electron chi connectivity index (χ4n) is 2.64. The third-order valence-electron chi connectivity index (χ3n) is 3.78. The van der Waals surface area contributed by atoms with Gasteiger partial charge in [0.25, 0.3) is 5.91 Å². The van der Waals surface area contributed by atoms with E-state index in [1.165, 1.54) is 12.8 Å². The van der Waals surface area contributed by atoms with Gasteiger partial charge in [0, 0.05) is 19.6 Å². The van der Waals surface area contributed by atoms with Crippen LogP contribution in [0.4, 0.5) is 5.69 Å². The van der Waals surface area contributed by atoms with E-state index in [1.54, 1.807) is 11.7 Å². The normalized spacial score (nSPS) is 20.8. The lowest BCUT2D eigenvalue weighted by atomic mass is 10.1. The van der Waals surface area contributed by atoms with Crippen molar-refractivity contribution in [1.82, 2.24) is 14.7 Å². The highest BCUT2D eigenvalue weighted by Crippen LogP contribution is 2.22. The van der Waals surface area contributed by atoms with Gasteiger partial charge in [-0.1, -0.05) is 12.8 Å². The maximum absolute atomic E-state index is 12.6. The number of aryl methyl sites for hydroxylation is 2. The molecule has 0 aliphatic carbocycles. The minimum absolute atomic E-state index is 0.0185. The molecule has 1 fully saturated rings. The van der Waals surface area contributed by atoms with Crippen LogP contribution in [0.3, 0.4) is 0 Å². The summed E-state index contributed by atoms with van der Waals surface area (Å²) in [6.45, 7) is 4.77. The van der Waals surface area contributed by atoms with Crippen molar-refractivity contribution in [1.29, 1.82) is 0 Å². The molecule has 1 saturated heterocycles. The molecule has 2 N–H and O–H groups in total. The number of carbonyl (C=O) groups is 1. The Bertz CT molecular complexity index is 452. The van der Waals surface area contributed by atoms with Gasteiger partial charge >= 0.3 is 0 Å². The van der Waals surface area contributed by atoms with Gasteiger partial charge in [0.05, 0.1) is 11.4 Å². The summed E-state index contributed by atoms with van der Waals surface area (Å²) in [5.41, 5.74) is 7.73. The smallest absolute Gasteiger partial charge is 0.274 e. The molecule has 5 heteroatoms. The molecular weight excluding hydrogens is 228 g/mol. The van der Waals surface area contributed by atoms with Crippen molar-refractivity contribution in [2.24, 2.45) is 7.05 Å². The van der Waals surface area contributed by atoms with E-state index in [9.17, 15) is 4.79 Å². The van der Waals surface area contributed by atoms with Crippen molar-refractivity contribution in [3.05, 3.63) is 11.4 Å². The number of carbonyl (C=O) groups excluding carboxylic acids is 1. The Hall–Kier alpha value is -1.52. The Morgan fingerprint density at radius 2 is 2.11 bits per heavy atom. The molecule has 1 aliphatic heterocycles. The van der Waals surface area contributed by atoms with Crippen molar-refractivity contribution in [2.75, 3.05) is 12.3 Å². The summed E-state index contributed by atoms with van der Waals surface area (Å²) in [5.74, 6) is 0.0185. The summed E-state index contributed by atoms with van der Waals surface area (Å²) in [6.07, 6.45) is 4.55. The molecule has 1 aliphatic rings. The van der Waals surface area contributed by atoms with E-state index < -0.39 is 0 Å². The number of likely N-dealkylation sites (tertiary alicyclic amines) is 1. The van der Waals surface area contributed by atoms with Crippen LogP contribution in [0, 0.1) is 6.92 Å². The fraction of sp³-hybridized carbons (Fsp3) is 0.692. The van der Waals surface area contributed by atoms with Gasteiger partial charge in [-0.15, -0.1) is 0 Å². The summed E-state index contributed by atoms with van der Waals surface area (Å²) in [4.78, 5) is 14.5. The van der Waals surface area contributed by atoms with E-state index in [1.807, 2.05) is 11.8 Å². The molecular formula is C13H22N4O. The Kier molecular flexibility index (Phi) is 3.59. The second-order valence-corrected chi connectivity index (χ2v) is 5.17. The van der Waals surface area contributed by atoms with E-state index in [0.29, 0.717) is 11.4 Å². The molecule has 0 saturated carbocycles. The molecule has 100 valence electrons. The van der Waals surface area contributed by atoms with Gasteiger partial charge in [-0.05, 0) is 26.7 Å². The molecule has 18 heavy (non-hydrogen) atoms. The van der Waals surface area contributed by atoms with Crippen molar-refractivity contribution in [3.63, 3.8) is 0 Å². The maximum Gasteiger partial charge on any atom is 0.274 e. The average molecular weight is 250 g/mol. The predicted octanol–water partition coefficient (Wildman–Crippen LogP) is 1.72. The van der Waals surface area contributed by atoms with E-state index in [2.05, 4.69) is 12.0 Å². The van der Waals surface area contributed by atoms with Crippen molar-refractivity contribution >= 4 is 11.6 Å². The number of nitrogens with two attached hydrogens (primary N) is 1. The standard InChI is InChI=1S/C13H22N4O/c1-9-7-5-4-6-8-17(9)13(18)12-11(14)10(2)15-16(12)3/h9H,4-8,14H2,1-3H3. The Balaban J connectivity index is 2.29. The van der Waals surface area contributed by atoms with Gasteiger partial charge in [0.2, 0.25) is 0 Å². The number of nitrogens with zero attached hydrogens (tertiary/aromatic N) is 3. The van der Waals surface area contributed by atoms with Crippen molar-refractivity contribution < 1.29 is 4.79 Å². The summed E-state index contributed by atoms with van der Waals surface area (Å²) in [5, 5.41) is 4.22. The van der Waals surface area contributed by atoms with Crippen LogP contribution in [0.1, 0.15) is 48.8 Å². The average Bonchev–Trinajstić information content (AvgIpc) is 2.50. The lowest BCUT2D eigenvalue weighted by Gasteiger charge is -2.27. The van der Waals surface area contributed by atoms with E-state index >= 15 is 0 Å². The van der Waals surface area contributed by atoms with Gasteiger partial charge < -0.3 is 10.6 Å². The maximum atomic E-state index is 12.6. The van der Waals surface area contributed by atoms with Gasteiger partial charge in [0.15, 0.2) is 0 Å². The largest absolute Gasteiger partial charge is 0.395 e. The number of aromatic nitrogens is 2. The molecule has 1 aromatic rings. The van der Waals surface area contributed by atoms with Crippen LogP contribution in [0.5, 0.6) is 0 Å². The van der Waals surface area contributed by atoms with Crippen LogP contribution in [-0.2, 0) is 7.05 Å². The molecule has 1 aromatic heterocycles. The third-order valence-corrected chi connectivity index (χ3v) is 3.78. The number of hydrogen-bond acceptors (Lipinski definition) is 3. The molecule has 1 atom stereocenters.